The van der Waals surface area contributed by atoms with Crippen LogP contribution in [0.25, 0.3) is 0 Å². The number of thiol groups is 1. The summed E-state index contributed by atoms with van der Waals surface area (Å²) in [6, 6.07) is 0. The molecule has 0 aliphatic carbocycles. The highest BCUT2D eigenvalue weighted by atomic mass is 32.2. The Morgan fingerprint density at radius 3 is 2.70 bits per heavy atom. The number of hydrogen-bond acceptors (Lipinski definition) is 3. The number of carbonyl (C=O) groups excluding carboxylic acids is 1. The third kappa shape index (κ3) is 1.30. The van der Waals surface area contributed by atoms with Gasteiger partial charge in [-0.3, -0.25) is 4.79 Å². The van der Waals surface area contributed by atoms with E-state index in [4.69, 9.17) is 7.98 Å². The van der Waals surface area contributed by atoms with E-state index in [0.717, 1.165) is 6.42 Å². The van der Waals surface area contributed by atoms with Crippen molar-refractivity contribution in [1.82, 2.24) is 4.81 Å². The van der Waals surface area contributed by atoms with E-state index in [2.05, 4.69) is 12.6 Å². The Kier molecular flexibility index (Phi) is 2.58. The van der Waals surface area contributed by atoms with Crippen LogP contribution in [0.4, 0.5) is 0 Å². The fraction of sp³-hybridized carbons (Fsp3) is 0.800. The number of nitrogens with zero attached hydrogens (tertiary/aromatic N) is 1. The fourth-order valence-corrected chi connectivity index (χ4v) is 2.33. The van der Waals surface area contributed by atoms with Crippen molar-refractivity contribution in [3.63, 3.8) is 0 Å². The molecule has 1 saturated heterocycles. The van der Waals surface area contributed by atoms with Crippen molar-refractivity contribution in [3.8, 4) is 0 Å². The summed E-state index contributed by atoms with van der Waals surface area (Å²) in [6.45, 7) is 1.97. The molecule has 54 valence electrons. The van der Waals surface area contributed by atoms with Crippen molar-refractivity contribution in [2.45, 2.75) is 23.3 Å². The van der Waals surface area contributed by atoms with Crippen LogP contribution in [0, 0.1) is 0 Å². The monoisotopic (exact) mass is 173 g/mol. The van der Waals surface area contributed by atoms with Gasteiger partial charge in [-0.2, -0.15) is 0 Å². The summed E-state index contributed by atoms with van der Waals surface area (Å²) in [6.07, 6.45) is 0.828. The van der Waals surface area contributed by atoms with Gasteiger partial charge in [0.15, 0.2) is 0 Å². The molecule has 0 spiro atoms. The van der Waals surface area contributed by atoms with Gasteiger partial charge < -0.3 is 4.81 Å². The minimum atomic E-state index is -0.155. The minimum Gasteiger partial charge on any atom is -0.377 e. The summed E-state index contributed by atoms with van der Waals surface area (Å²) in [5.41, 5.74) is 0. The zero-order valence-corrected chi connectivity index (χ0v) is 7.36. The van der Waals surface area contributed by atoms with Gasteiger partial charge in [-0.05, 0) is 6.42 Å². The highest BCUT2D eigenvalue weighted by Crippen LogP contribution is 2.33. The van der Waals surface area contributed by atoms with Crippen LogP contribution >= 0.6 is 24.4 Å². The van der Waals surface area contributed by atoms with Crippen LogP contribution in [-0.4, -0.2) is 28.7 Å². The van der Waals surface area contributed by atoms with Crippen molar-refractivity contribution < 1.29 is 4.79 Å². The van der Waals surface area contributed by atoms with Crippen LogP contribution in [0.1, 0.15) is 13.3 Å². The molecular weight excluding hydrogens is 165 g/mol. The van der Waals surface area contributed by atoms with Crippen molar-refractivity contribution in [1.29, 1.82) is 0 Å². The molecule has 0 saturated carbocycles. The Labute approximate surface area is 71.6 Å². The molecule has 5 heteroatoms. The lowest BCUT2D eigenvalue weighted by Crippen LogP contribution is -2.29. The Balaban J connectivity index is 2.62. The van der Waals surface area contributed by atoms with Gasteiger partial charge in [0, 0.05) is 0 Å². The lowest BCUT2D eigenvalue weighted by Gasteiger charge is -2.12. The molecule has 10 heavy (non-hydrogen) atoms. The second-order valence-corrected chi connectivity index (χ2v) is 4.23. The maximum Gasteiger partial charge on any atom is 0.233 e. The zero-order chi connectivity index (χ0) is 7.72. The molecule has 2 radical (unpaired) electrons. The van der Waals surface area contributed by atoms with Crippen LogP contribution in [0.15, 0.2) is 0 Å². The topological polar surface area (TPSA) is 20.3 Å². The van der Waals surface area contributed by atoms with Gasteiger partial charge in [-0.15, -0.1) is 24.4 Å². The molecular formula is C5H8BNOS2. The lowest BCUT2D eigenvalue weighted by molar-refractivity contribution is -0.124. The molecule has 2 atom stereocenters. The van der Waals surface area contributed by atoms with Gasteiger partial charge in [-0.1, -0.05) is 6.92 Å². The average Bonchev–Trinajstić information content (AvgIpc) is 2.17. The van der Waals surface area contributed by atoms with Crippen LogP contribution in [0.5, 0.6) is 0 Å². The predicted molar refractivity (Wildman–Crippen MR) is 47.0 cm³/mol. The minimum absolute atomic E-state index is 0.00694. The van der Waals surface area contributed by atoms with Crippen molar-refractivity contribution >= 4 is 38.3 Å². The molecule has 0 aromatic heterocycles. The molecule has 0 bridgehead atoms. The second-order valence-electron chi connectivity index (χ2n) is 2.10. The summed E-state index contributed by atoms with van der Waals surface area (Å²) in [7, 11) is 5.37. The number of rotatable bonds is 1. The quantitative estimate of drug-likeness (QED) is 0.463. The Hall–Kier alpha value is 0.235. The molecule has 2 nitrogen and oxygen atoms in total. The van der Waals surface area contributed by atoms with Crippen molar-refractivity contribution in [2.24, 2.45) is 0 Å². The van der Waals surface area contributed by atoms with Gasteiger partial charge in [-0.25, -0.2) is 0 Å². The molecule has 0 aromatic carbocycles. The average molecular weight is 173 g/mol. The normalized spacial score (nSPS) is 33.4. The molecule has 1 amide bonds. The molecule has 1 heterocycles. The van der Waals surface area contributed by atoms with Crippen molar-refractivity contribution in [3.05, 3.63) is 0 Å². The first-order chi connectivity index (χ1) is 4.66. The van der Waals surface area contributed by atoms with E-state index in [1.54, 1.807) is 0 Å². The molecule has 1 unspecified atom stereocenters. The lowest BCUT2D eigenvalue weighted by atomic mass is 10.2. The van der Waals surface area contributed by atoms with Gasteiger partial charge in [0.1, 0.15) is 4.71 Å². The van der Waals surface area contributed by atoms with Gasteiger partial charge in [0.2, 0.25) is 13.9 Å². The number of thioether (sulfide) groups is 1. The van der Waals surface area contributed by atoms with Crippen LogP contribution < -0.4 is 0 Å². The van der Waals surface area contributed by atoms with Crippen LogP contribution in [0.2, 0.25) is 0 Å². The molecule has 1 aliphatic heterocycles. The number of amides is 1. The number of hydrogen-bond donors (Lipinski definition) is 1. The first-order valence-corrected chi connectivity index (χ1v) is 4.54. The summed E-state index contributed by atoms with van der Waals surface area (Å²) < 4.78 is -0.155. The predicted octanol–water partition coefficient (Wildman–Crippen LogP) is 0.637. The molecule has 1 rings (SSSR count). The number of carbonyl (C=O) groups is 1. The highest BCUT2D eigenvalue weighted by molar-refractivity contribution is 8.11. The smallest absolute Gasteiger partial charge is 0.233 e. The van der Waals surface area contributed by atoms with Crippen molar-refractivity contribution in [2.75, 3.05) is 0 Å². The van der Waals surface area contributed by atoms with E-state index in [0.29, 0.717) is 0 Å². The second kappa shape index (κ2) is 3.09. The Morgan fingerprint density at radius 2 is 2.50 bits per heavy atom. The summed E-state index contributed by atoms with van der Waals surface area (Å²) in [5, 5.41) is 0.0208. The largest absolute Gasteiger partial charge is 0.377 e. The summed E-state index contributed by atoms with van der Waals surface area (Å²) >= 11 is 5.60. The van der Waals surface area contributed by atoms with E-state index in [1.165, 1.54) is 16.6 Å². The molecule has 1 fully saturated rings. The molecule has 1 aliphatic rings. The van der Waals surface area contributed by atoms with Crippen LogP contribution in [-0.2, 0) is 4.79 Å². The van der Waals surface area contributed by atoms with E-state index in [1.807, 2.05) is 6.92 Å². The Bertz CT molecular complexity index is 155. The first-order valence-electron chi connectivity index (χ1n) is 3.08. The zero-order valence-electron chi connectivity index (χ0n) is 5.65. The van der Waals surface area contributed by atoms with E-state index in [9.17, 15) is 4.79 Å². The van der Waals surface area contributed by atoms with E-state index < -0.39 is 0 Å². The molecule has 0 N–H and O–H groups in total. The maximum absolute atomic E-state index is 11.1. The standard InChI is InChI=1S/C5H8BNOS2/c1-2-3-4(8)7(6)5(9)10-3/h3,5,9H,2H2,1H3/t3-,5?/m0/s1. The van der Waals surface area contributed by atoms with E-state index in [-0.39, 0.29) is 15.9 Å². The Morgan fingerprint density at radius 1 is 1.90 bits per heavy atom. The maximum atomic E-state index is 11.1. The summed E-state index contributed by atoms with van der Waals surface area (Å²) in [5.74, 6) is -0.00694. The third-order valence-electron chi connectivity index (χ3n) is 1.42. The van der Waals surface area contributed by atoms with Gasteiger partial charge in [0.05, 0.1) is 5.25 Å². The molecule has 0 aromatic rings. The van der Waals surface area contributed by atoms with E-state index >= 15 is 0 Å². The highest BCUT2D eigenvalue weighted by Gasteiger charge is 2.33. The van der Waals surface area contributed by atoms with Gasteiger partial charge >= 0.3 is 0 Å². The van der Waals surface area contributed by atoms with Gasteiger partial charge in [0.25, 0.3) is 0 Å². The fourth-order valence-electron chi connectivity index (χ4n) is 0.817. The third-order valence-corrected chi connectivity index (χ3v) is 3.37. The SMILES string of the molecule is [B]N1C(=O)[C@H](CC)SC1S. The summed E-state index contributed by atoms with van der Waals surface area (Å²) in [4.78, 5) is 12.3. The first kappa shape index (κ1) is 8.33. The van der Waals surface area contributed by atoms with Crippen LogP contribution in [0.3, 0.4) is 0 Å².